The standard InChI is InChI=1S/C25H26Cl2N2O4S/c1-16-5-8-23(33-4)24(12-16)34(31,32)29(21-10-17(2)9-18(3)11-21)15-25(30)28-14-19-6-7-20(26)13-22(19)27/h5-13H,14-15H2,1-4H3,(H,28,30). The Balaban J connectivity index is 1.97. The molecule has 9 heteroatoms. The van der Waals surface area contributed by atoms with Gasteiger partial charge in [-0.15, -0.1) is 0 Å². The summed E-state index contributed by atoms with van der Waals surface area (Å²) in [4.78, 5) is 12.9. The van der Waals surface area contributed by atoms with Gasteiger partial charge in [-0.3, -0.25) is 9.10 Å². The first-order valence-corrected chi connectivity index (χ1v) is 12.7. The van der Waals surface area contributed by atoms with Crippen LogP contribution in [0.15, 0.2) is 59.5 Å². The maximum absolute atomic E-state index is 13.8. The molecule has 0 aliphatic heterocycles. The third-order valence-electron chi connectivity index (χ3n) is 5.16. The second-order valence-electron chi connectivity index (χ2n) is 8.02. The van der Waals surface area contributed by atoms with Crippen molar-refractivity contribution in [1.29, 1.82) is 0 Å². The largest absolute Gasteiger partial charge is 0.495 e. The molecule has 0 aliphatic rings. The number of carbonyl (C=O) groups excluding carboxylic acids is 1. The van der Waals surface area contributed by atoms with Crippen molar-refractivity contribution in [2.75, 3.05) is 18.0 Å². The lowest BCUT2D eigenvalue weighted by Crippen LogP contribution is -2.41. The van der Waals surface area contributed by atoms with E-state index in [2.05, 4.69) is 5.32 Å². The summed E-state index contributed by atoms with van der Waals surface area (Å²) < 4.78 is 34.1. The number of sulfonamides is 1. The predicted octanol–water partition coefficient (Wildman–Crippen LogP) is 5.44. The smallest absolute Gasteiger partial charge is 0.268 e. The Labute approximate surface area is 210 Å². The van der Waals surface area contributed by atoms with E-state index in [9.17, 15) is 13.2 Å². The van der Waals surface area contributed by atoms with Gasteiger partial charge in [0.25, 0.3) is 10.0 Å². The van der Waals surface area contributed by atoms with Gasteiger partial charge in [0.1, 0.15) is 17.2 Å². The first-order valence-electron chi connectivity index (χ1n) is 10.5. The van der Waals surface area contributed by atoms with Gasteiger partial charge in [0.2, 0.25) is 5.91 Å². The summed E-state index contributed by atoms with van der Waals surface area (Å²) in [7, 11) is -2.73. The van der Waals surface area contributed by atoms with Crippen molar-refractivity contribution < 1.29 is 17.9 Å². The molecular formula is C25H26Cl2N2O4S. The Morgan fingerprint density at radius 2 is 1.62 bits per heavy atom. The molecular weight excluding hydrogens is 495 g/mol. The molecule has 0 atom stereocenters. The number of halogens is 2. The van der Waals surface area contributed by atoms with Gasteiger partial charge in [0.05, 0.1) is 12.8 Å². The van der Waals surface area contributed by atoms with Crippen molar-refractivity contribution in [3.8, 4) is 5.75 Å². The number of nitrogens with one attached hydrogen (secondary N) is 1. The first kappa shape index (κ1) is 25.9. The number of anilines is 1. The third-order valence-corrected chi connectivity index (χ3v) is 7.54. The molecule has 0 spiro atoms. The number of amides is 1. The van der Waals surface area contributed by atoms with Crippen LogP contribution in [0.5, 0.6) is 5.75 Å². The highest BCUT2D eigenvalue weighted by Crippen LogP contribution is 2.31. The molecule has 0 bridgehead atoms. The third kappa shape index (κ3) is 6.03. The van der Waals surface area contributed by atoms with E-state index < -0.39 is 22.5 Å². The maximum atomic E-state index is 13.8. The van der Waals surface area contributed by atoms with Crippen molar-refractivity contribution >= 4 is 44.8 Å². The van der Waals surface area contributed by atoms with Gasteiger partial charge in [0.15, 0.2) is 0 Å². The highest BCUT2D eigenvalue weighted by atomic mass is 35.5. The molecule has 3 aromatic rings. The fourth-order valence-electron chi connectivity index (χ4n) is 3.56. The van der Waals surface area contributed by atoms with E-state index in [0.29, 0.717) is 21.3 Å². The molecule has 0 aliphatic carbocycles. The number of nitrogens with zero attached hydrogens (tertiary/aromatic N) is 1. The van der Waals surface area contributed by atoms with E-state index in [1.54, 1.807) is 49.4 Å². The molecule has 0 saturated carbocycles. The monoisotopic (exact) mass is 520 g/mol. The summed E-state index contributed by atoms with van der Waals surface area (Å²) in [5, 5.41) is 3.65. The maximum Gasteiger partial charge on any atom is 0.268 e. The Hall–Kier alpha value is -2.74. The lowest BCUT2D eigenvalue weighted by Gasteiger charge is -2.26. The quantitative estimate of drug-likeness (QED) is 0.429. The van der Waals surface area contributed by atoms with Crippen molar-refractivity contribution in [3.05, 3.63) is 86.9 Å². The van der Waals surface area contributed by atoms with E-state index >= 15 is 0 Å². The minimum atomic E-state index is -4.14. The van der Waals surface area contributed by atoms with Gasteiger partial charge in [-0.05, 0) is 79.4 Å². The molecule has 1 N–H and O–H groups in total. The molecule has 180 valence electrons. The Morgan fingerprint density at radius 3 is 2.24 bits per heavy atom. The minimum Gasteiger partial charge on any atom is -0.495 e. The zero-order chi connectivity index (χ0) is 25.0. The molecule has 0 radical (unpaired) electrons. The predicted molar refractivity (Wildman–Crippen MR) is 136 cm³/mol. The molecule has 1 amide bonds. The molecule has 0 saturated heterocycles. The van der Waals surface area contributed by atoms with Gasteiger partial charge in [0, 0.05) is 16.6 Å². The van der Waals surface area contributed by atoms with Crippen LogP contribution < -0.4 is 14.4 Å². The van der Waals surface area contributed by atoms with Crippen LogP contribution >= 0.6 is 23.2 Å². The first-order chi connectivity index (χ1) is 16.0. The number of methoxy groups -OCH3 is 1. The zero-order valence-electron chi connectivity index (χ0n) is 19.4. The minimum absolute atomic E-state index is 0.0114. The summed E-state index contributed by atoms with van der Waals surface area (Å²) in [5.74, 6) is -0.284. The molecule has 0 unspecified atom stereocenters. The Kier molecular flexibility index (Phi) is 8.13. The van der Waals surface area contributed by atoms with Crippen molar-refractivity contribution in [1.82, 2.24) is 5.32 Å². The van der Waals surface area contributed by atoms with E-state index in [-0.39, 0.29) is 17.2 Å². The average molecular weight is 521 g/mol. The van der Waals surface area contributed by atoms with Gasteiger partial charge in [-0.25, -0.2) is 8.42 Å². The summed E-state index contributed by atoms with van der Waals surface area (Å²) in [6.45, 7) is 5.24. The van der Waals surface area contributed by atoms with Gasteiger partial charge >= 0.3 is 0 Å². The molecule has 3 aromatic carbocycles. The molecule has 6 nitrogen and oxygen atoms in total. The van der Waals surface area contributed by atoms with Gasteiger partial charge < -0.3 is 10.1 Å². The number of benzene rings is 3. The van der Waals surface area contributed by atoms with Crippen LogP contribution in [0.3, 0.4) is 0 Å². The van der Waals surface area contributed by atoms with Crippen LogP contribution in [0.2, 0.25) is 10.0 Å². The van der Waals surface area contributed by atoms with E-state index in [0.717, 1.165) is 21.0 Å². The SMILES string of the molecule is COc1ccc(C)cc1S(=O)(=O)N(CC(=O)NCc1ccc(Cl)cc1Cl)c1cc(C)cc(C)c1. The summed E-state index contributed by atoms with van der Waals surface area (Å²) in [6.07, 6.45) is 0. The fraction of sp³-hybridized carbons (Fsp3) is 0.240. The Bertz CT molecular complexity index is 1310. The lowest BCUT2D eigenvalue weighted by molar-refractivity contribution is -0.119. The van der Waals surface area contributed by atoms with Crippen molar-refractivity contribution in [3.63, 3.8) is 0 Å². The van der Waals surface area contributed by atoms with E-state index in [1.807, 2.05) is 19.9 Å². The number of carbonyl (C=O) groups is 1. The van der Waals surface area contributed by atoms with Crippen LogP contribution in [0.1, 0.15) is 22.3 Å². The molecule has 3 rings (SSSR count). The number of hydrogen-bond acceptors (Lipinski definition) is 4. The second-order valence-corrected chi connectivity index (χ2v) is 10.7. The number of rotatable bonds is 8. The number of ether oxygens (including phenoxy) is 1. The van der Waals surface area contributed by atoms with Gasteiger partial charge in [-0.2, -0.15) is 0 Å². The van der Waals surface area contributed by atoms with Crippen molar-refractivity contribution in [2.24, 2.45) is 0 Å². The Morgan fingerprint density at radius 1 is 0.941 bits per heavy atom. The molecule has 0 heterocycles. The lowest BCUT2D eigenvalue weighted by atomic mass is 10.1. The number of hydrogen-bond donors (Lipinski definition) is 1. The van der Waals surface area contributed by atoms with E-state index in [4.69, 9.17) is 27.9 Å². The second kappa shape index (κ2) is 10.7. The summed E-state index contributed by atoms with van der Waals surface area (Å²) in [5.41, 5.74) is 3.56. The molecule has 0 aromatic heterocycles. The average Bonchev–Trinajstić information content (AvgIpc) is 2.76. The normalized spacial score (nSPS) is 11.2. The molecule has 34 heavy (non-hydrogen) atoms. The number of aryl methyl sites for hydroxylation is 3. The van der Waals surface area contributed by atoms with Gasteiger partial charge in [-0.1, -0.05) is 41.4 Å². The summed E-state index contributed by atoms with van der Waals surface area (Å²) >= 11 is 12.1. The van der Waals surface area contributed by atoms with Crippen molar-refractivity contribution in [2.45, 2.75) is 32.2 Å². The van der Waals surface area contributed by atoms with Crippen LogP contribution in [0.25, 0.3) is 0 Å². The van der Waals surface area contributed by atoms with E-state index in [1.165, 1.54) is 13.2 Å². The van der Waals surface area contributed by atoms with Crippen LogP contribution in [-0.4, -0.2) is 28.0 Å². The highest BCUT2D eigenvalue weighted by Gasteiger charge is 2.30. The topological polar surface area (TPSA) is 75.7 Å². The summed E-state index contributed by atoms with van der Waals surface area (Å²) in [6, 6.07) is 15.3. The van der Waals surface area contributed by atoms with Crippen LogP contribution in [0, 0.1) is 20.8 Å². The van der Waals surface area contributed by atoms with Crippen LogP contribution in [0.4, 0.5) is 5.69 Å². The fourth-order valence-corrected chi connectivity index (χ4v) is 5.68. The highest BCUT2D eigenvalue weighted by molar-refractivity contribution is 7.93. The van der Waals surface area contributed by atoms with Crippen LogP contribution in [-0.2, 0) is 21.4 Å². The zero-order valence-corrected chi connectivity index (χ0v) is 21.7. The molecule has 0 fully saturated rings.